The van der Waals surface area contributed by atoms with Crippen molar-refractivity contribution in [1.82, 2.24) is 9.27 Å². The Labute approximate surface area is 70.8 Å². The van der Waals surface area contributed by atoms with Crippen LogP contribution in [0.5, 0.6) is 5.75 Å². The van der Waals surface area contributed by atoms with Gasteiger partial charge in [-0.1, -0.05) is 0 Å². The molecule has 0 fully saturated rings. The molecule has 0 saturated heterocycles. The molecular formula is C7H12N2OS. The van der Waals surface area contributed by atoms with Gasteiger partial charge in [0.1, 0.15) is 12.4 Å². The molecule has 4 heteroatoms. The fourth-order valence-corrected chi connectivity index (χ4v) is 1.07. The summed E-state index contributed by atoms with van der Waals surface area (Å²) >= 11 is 1.41. The minimum Gasteiger partial charge on any atom is -0.490 e. The van der Waals surface area contributed by atoms with Crippen LogP contribution in [0.4, 0.5) is 0 Å². The van der Waals surface area contributed by atoms with Gasteiger partial charge in [0.05, 0.1) is 11.6 Å². The maximum Gasteiger partial charge on any atom is 0.150 e. The molecule has 0 aliphatic heterocycles. The Bertz CT molecular complexity index is 186. The normalized spacial score (nSPS) is 10.5. The van der Waals surface area contributed by atoms with E-state index in [2.05, 4.69) is 9.27 Å². The first kappa shape index (κ1) is 8.49. The number of likely N-dealkylation sites (N-methyl/N-ethyl adjacent to an activating group) is 1. The molecule has 0 bridgehead atoms. The second-order valence-corrected chi connectivity index (χ2v) is 3.17. The van der Waals surface area contributed by atoms with Crippen LogP contribution in [0.2, 0.25) is 0 Å². The Morgan fingerprint density at radius 3 is 3.00 bits per heavy atom. The molecule has 1 heterocycles. The van der Waals surface area contributed by atoms with Gasteiger partial charge in [0, 0.05) is 6.54 Å². The maximum absolute atomic E-state index is 5.36. The van der Waals surface area contributed by atoms with Gasteiger partial charge in [-0.05, 0) is 25.6 Å². The third-order valence-electron chi connectivity index (χ3n) is 1.22. The molecule has 1 rings (SSSR count). The van der Waals surface area contributed by atoms with Gasteiger partial charge >= 0.3 is 0 Å². The predicted molar refractivity (Wildman–Crippen MR) is 46.2 cm³/mol. The van der Waals surface area contributed by atoms with Gasteiger partial charge < -0.3 is 9.64 Å². The van der Waals surface area contributed by atoms with Gasteiger partial charge in [-0.15, -0.1) is 0 Å². The second kappa shape index (κ2) is 4.31. The van der Waals surface area contributed by atoms with Gasteiger partial charge in [0.25, 0.3) is 0 Å². The smallest absolute Gasteiger partial charge is 0.150 e. The van der Waals surface area contributed by atoms with E-state index in [0.29, 0.717) is 0 Å². The SMILES string of the molecule is CN(C)CCOc1cnsc1. The quantitative estimate of drug-likeness (QED) is 0.679. The highest BCUT2D eigenvalue weighted by Gasteiger charge is 1.94. The molecule has 1 aromatic heterocycles. The summed E-state index contributed by atoms with van der Waals surface area (Å²) in [6.07, 6.45) is 1.74. The van der Waals surface area contributed by atoms with Crippen molar-refractivity contribution in [3.05, 3.63) is 11.6 Å². The molecule has 0 atom stereocenters. The molecule has 0 spiro atoms. The number of ether oxygens (including phenoxy) is 1. The third-order valence-corrected chi connectivity index (χ3v) is 1.78. The van der Waals surface area contributed by atoms with Crippen LogP contribution in [0, 0.1) is 0 Å². The monoisotopic (exact) mass is 172 g/mol. The summed E-state index contributed by atoms with van der Waals surface area (Å²) in [7, 11) is 4.05. The summed E-state index contributed by atoms with van der Waals surface area (Å²) in [5, 5.41) is 1.90. The number of nitrogens with zero attached hydrogens (tertiary/aromatic N) is 2. The standard InChI is InChI=1S/C7H12N2OS/c1-9(2)3-4-10-7-5-8-11-6-7/h5-6H,3-4H2,1-2H3. The van der Waals surface area contributed by atoms with Crippen LogP contribution in [0.25, 0.3) is 0 Å². The summed E-state index contributed by atoms with van der Waals surface area (Å²) in [6, 6.07) is 0. The van der Waals surface area contributed by atoms with Crippen LogP contribution < -0.4 is 4.74 Å². The molecular weight excluding hydrogens is 160 g/mol. The number of aromatic nitrogens is 1. The summed E-state index contributed by atoms with van der Waals surface area (Å²) in [5.74, 6) is 0.872. The highest BCUT2D eigenvalue weighted by molar-refractivity contribution is 7.03. The predicted octanol–water partition coefficient (Wildman–Crippen LogP) is 1.08. The molecule has 0 aliphatic carbocycles. The minimum atomic E-state index is 0.728. The lowest BCUT2D eigenvalue weighted by molar-refractivity contribution is 0.262. The van der Waals surface area contributed by atoms with Crippen LogP contribution in [-0.2, 0) is 0 Å². The Morgan fingerprint density at radius 1 is 1.64 bits per heavy atom. The van der Waals surface area contributed by atoms with Crippen molar-refractivity contribution in [3.63, 3.8) is 0 Å². The molecule has 0 N–H and O–H groups in total. The fraction of sp³-hybridized carbons (Fsp3) is 0.571. The van der Waals surface area contributed by atoms with Crippen molar-refractivity contribution < 1.29 is 4.74 Å². The lowest BCUT2D eigenvalue weighted by atomic mass is 10.6. The van der Waals surface area contributed by atoms with Crippen molar-refractivity contribution in [2.24, 2.45) is 0 Å². The zero-order valence-corrected chi connectivity index (χ0v) is 7.60. The summed E-state index contributed by atoms with van der Waals surface area (Å²) in [5.41, 5.74) is 0. The minimum absolute atomic E-state index is 0.728. The lowest BCUT2D eigenvalue weighted by Gasteiger charge is -2.08. The van der Waals surface area contributed by atoms with E-state index in [1.807, 2.05) is 19.5 Å². The van der Waals surface area contributed by atoms with E-state index in [1.54, 1.807) is 6.20 Å². The molecule has 0 radical (unpaired) electrons. The van der Waals surface area contributed by atoms with Crippen LogP contribution in [0.3, 0.4) is 0 Å². The Morgan fingerprint density at radius 2 is 2.45 bits per heavy atom. The van der Waals surface area contributed by atoms with Crippen LogP contribution in [0.1, 0.15) is 0 Å². The topological polar surface area (TPSA) is 25.4 Å². The largest absolute Gasteiger partial charge is 0.490 e. The number of hydrogen-bond acceptors (Lipinski definition) is 4. The average Bonchev–Trinajstić information content (AvgIpc) is 2.39. The lowest BCUT2D eigenvalue weighted by Crippen LogP contribution is -2.19. The zero-order valence-electron chi connectivity index (χ0n) is 6.78. The molecule has 11 heavy (non-hydrogen) atoms. The van der Waals surface area contributed by atoms with Crippen molar-refractivity contribution in [3.8, 4) is 5.75 Å². The molecule has 62 valence electrons. The van der Waals surface area contributed by atoms with E-state index in [4.69, 9.17) is 4.74 Å². The first-order valence-corrected chi connectivity index (χ1v) is 4.29. The van der Waals surface area contributed by atoms with E-state index in [9.17, 15) is 0 Å². The third kappa shape index (κ3) is 3.34. The van der Waals surface area contributed by atoms with Crippen LogP contribution >= 0.6 is 11.5 Å². The van der Waals surface area contributed by atoms with E-state index < -0.39 is 0 Å². The number of hydrogen-bond donors (Lipinski definition) is 0. The van der Waals surface area contributed by atoms with Gasteiger partial charge in [-0.25, -0.2) is 0 Å². The summed E-state index contributed by atoms with van der Waals surface area (Å²) in [6.45, 7) is 1.67. The van der Waals surface area contributed by atoms with Gasteiger partial charge in [0.15, 0.2) is 0 Å². The summed E-state index contributed by atoms with van der Waals surface area (Å²) in [4.78, 5) is 2.08. The number of rotatable bonds is 4. The first-order valence-electron chi connectivity index (χ1n) is 3.46. The molecule has 0 aromatic carbocycles. The molecule has 3 nitrogen and oxygen atoms in total. The molecule has 0 unspecified atom stereocenters. The first-order chi connectivity index (χ1) is 5.29. The Kier molecular flexibility index (Phi) is 3.32. The van der Waals surface area contributed by atoms with Crippen LogP contribution in [0.15, 0.2) is 11.6 Å². The maximum atomic E-state index is 5.36. The molecule has 0 saturated carbocycles. The van der Waals surface area contributed by atoms with Crippen molar-refractivity contribution >= 4 is 11.5 Å². The van der Waals surface area contributed by atoms with E-state index in [1.165, 1.54) is 11.5 Å². The zero-order chi connectivity index (χ0) is 8.10. The highest BCUT2D eigenvalue weighted by atomic mass is 32.1. The Balaban J connectivity index is 2.14. The highest BCUT2D eigenvalue weighted by Crippen LogP contribution is 2.10. The van der Waals surface area contributed by atoms with Gasteiger partial charge in [-0.2, -0.15) is 4.37 Å². The van der Waals surface area contributed by atoms with E-state index >= 15 is 0 Å². The van der Waals surface area contributed by atoms with Gasteiger partial charge in [0.2, 0.25) is 0 Å². The van der Waals surface area contributed by atoms with Gasteiger partial charge in [-0.3, -0.25) is 0 Å². The fourth-order valence-electron chi connectivity index (χ4n) is 0.613. The van der Waals surface area contributed by atoms with Crippen LogP contribution in [-0.4, -0.2) is 36.5 Å². The average molecular weight is 172 g/mol. The second-order valence-electron chi connectivity index (χ2n) is 2.51. The van der Waals surface area contributed by atoms with E-state index in [-0.39, 0.29) is 0 Å². The molecule has 1 aromatic rings. The summed E-state index contributed by atoms with van der Waals surface area (Å²) < 4.78 is 9.29. The molecule has 0 amide bonds. The van der Waals surface area contributed by atoms with E-state index in [0.717, 1.165) is 18.9 Å². The Hall–Kier alpha value is -0.610. The van der Waals surface area contributed by atoms with Crippen molar-refractivity contribution in [2.75, 3.05) is 27.2 Å². The molecule has 0 aliphatic rings. The van der Waals surface area contributed by atoms with Crippen molar-refractivity contribution in [2.45, 2.75) is 0 Å². The van der Waals surface area contributed by atoms with Crippen molar-refractivity contribution in [1.29, 1.82) is 0 Å².